The first-order chi connectivity index (χ1) is 9.54. The average Bonchev–Trinajstić information content (AvgIpc) is 2.68. The van der Waals surface area contributed by atoms with Crippen LogP contribution in [0.25, 0.3) is 10.8 Å². The first kappa shape index (κ1) is 12.3. The van der Waals surface area contributed by atoms with Gasteiger partial charge in [-0.25, -0.2) is 0 Å². The third-order valence-electron chi connectivity index (χ3n) is 4.32. The second-order valence-electron chi connectivity index (χ2n) is 6.56. The molecule has 2 aliphatic rings. The van der Waals surface area contributed by atoms with Gasteiger partial charge in [0.1, 0.15) is 6.10 Å². The molecule has 1 atom stereocenters. The van der Waals surface area contributed by atoms with Crippen LogP contribution in [-0.4, -0.2) is 18.3 Å². The molecule has 2 aromatic rings. The van der Waals surface area contributed by atoms with Gasteiger partial charge in [0.25, 0.3) is 0 Å². The van der Waals surface area contributed by atoms with Crippen molar-refractivity contribution in [2.24, 2.45) is 5.41 Å². The zero-order valence-electron chi connectivity index (χ0n) is 11.7. The molecule has 104 valence electrons. The lowest BCUT2D eigenvalue weighted by molar-refractivity contribution is -0.342. The molecule has 3 heteroatoms. The summed E-state index contributed by atoms with van der Waals surface area (Å²) >= 11 is 0. The number of rotatable bonds is 0. The normalized spacial score (nSPS) is 26.2. The molecular weight excluding hydrogens is 252 g/mol. The van der Waals surface area contributed by atoms with Crippen LogP contribution in [-0.2, 0) is 15.3 Å². The summed E-state index contributed by atoms with van der Waals surface area (Å²) in [5.41, 5.74) is 1.83. The minimum Gasteiger partial charge on any atom is -0.382 e. The minimum absolute atomic E-state index is 0.0202. The van der Waals surface area contributed by atoms with E-state index in [1.807, 2.05) is 24.3 Å². The van der Waals surface area contributed by atoms with Gasteiger partial charge in [-0.2, -0.15) is 0 Å². The molecule has 1 heterocycles. The van der Waals surface area contributed by atoms with Crippen molar-refractivity contribution in [2.75, 3.05) is 13.2 Å². The minimum atomic E-state index is -1.03. The fourth-order valence-corrected chi connectivity index (χ4v) is 3.24. The van der Waals surface area contributed by atoms with Gasteiger partial charge in [0.2, 0.25) is 5.79 Å². The van der Waals surface area contributed by atoms with E-state index in [9.17, 15) is 5.11 Å². The molecular formula is C17H18O3. The maximum Gasteiger partial charge on any atom is 0.226 e. The molecule has 1 saturated heterocycles. The Bertz CT molecular complexity index is 674. The molecule has 1 unspecified atom stereocenters. The number of fused-ring (bicyclic) bond motifs is 1. The number of benzene rings is 2. The smallest absolute Gasteiger partial charge is 0.226 e. The van der Waals surface area contributed by atoms with Crippen molar-refractivity contribution in [3.05, 3.63) is 47.5 Å². The molecule has 0 amide bonds. The molecule has 1 N–H and O–H groups in total. The summed E-state index contributed by atoms with van der Waals surface area (Å²) in [6.07, 6.45) is -0.764. The number of hydrogen-bond acceptors (Lipinski definition) is 3. The summed E-state index contributed by atoms with van der Waals surface area (Å²) in [4.78, 5) is 0. The van der Waals surface area contributed by atoms with E-state index in [-0.39, 0.29) is 5.41 Å². The Morgan fingerprint density at radius 3 is 2.40 bits per heavy atom. The van der Waals surface area contributed by atoms with Crippen LogP contribution in [0.2, 0.25) is 0 Å². The number of aliphatic hydroxyl groups is 1. The maximum atomic E-state index is 10.8. The monoisotopic (exact) mass is 270 g/mol. The molecule has 1 aliphatic heterocycles. The molecule has 2 aromatic carbocycles. The van der Waals surface area contributed by atoms with Crippen LogP contribution in [0.1, 0.15) is 31.1 Å². The largest absolute Gasteiger partial charge is 0.382 e. The average molecular weight is 270 g/mol. The van der Waals surface area contributed by atoms with E-state index in [0.717, 1.165) is 21.9 Å². The van der Waals surface area contributed by atoms with Crippen LogP contribution in [0.5, 0.6) is 0 Å². The summed E-state index contributed by atoms with van der Waals surface area (Å²) in [7, 11) is 0. The highest BCUT2D eigenvalue weighted by molar-refractivity contribution is 5.92. The lowest BCUT2D eigenvalue weighted by atomic mass is 9.93. The van der Waals surface area contributed by atoms with E-state index in [0.29, 0.717) is 13.2 Å². The second kappa shape index (κ2) is 3.82. The van der Waals surface area contributed by atoms with E-state index in [1.54, 1.807) is 0 Å². The van der Waals surface area contributed by atoms with Crippen molar-refractivity contribution in [3.8, 4) is 0 Å². The predicted octanol–water partition coefficient (Wildman–Crippen LogP) is 3.11. The summed E-state index contributed by atoms with van der Waals surface area (Å²) < 4.78 is 12.1. The van der Waals surface area contributed by atoms with Crippen LogP contribution in [0.15, 0.2) is 36.4 Å². The predicted molar refractivity (Wildman–Crippen MR) is 76.3 cm³/mol. The molecule has 20 heavy (non-hydrogen) atoms. The SMILES string of the molecule is CC1(C)COC2(OC1)c1cccc3cccc(c13)C2O. The highest BCUT2D eigenvalue weighted by Gasteiger charge is 2.53. The Balaban J connectivity index is 1.91. The third-order valence-corrected chi connectivity index (χ3v) is 4.32. The quantitative estimate of drug-likeness (QED) is 0.799. The Labute approximate surface area is 118 Å². The number of aliphatic hydroxyl groups excluding tert-OH is 1. The van der Waals surface area contributed by atoms with Gasteiger partial charge in [-0.3, -0.25) is 0 Å². The van der Waals surface area contributed by atoms with E-state index in [4.69, 9.17) is 9.47 Å². The fraction of sp³-hybridized carbons (Fsp3) is 0.412. The zero-order chi connectivity index (χ0) is 14.0. The van der Waals surface area contributed by atoms with Gasteiger partial charge in [-0.15, -0.1) is 0 Å². The molecule has 0 aromatic heterocycles. The zero-order valence-corrected chi connectivity index (χ0v) is 11.7. The lowest BCUT2D eigenvalue weighted by Gasteiger charge is -2.43. The molecule has 1 fully saturated rings. The standard InChI is InChI=1S/C17H18O3/c1-16(2)9-19-17(20-10-16)13-8-4-6-11-5-3-7-12(14(11)13)15(17)18/h3-8,15,18H,9-10H2,1-2H3. The summed E-state index contributed by atoms with van der Waals surface area (Å²) in [5.74, 6) is -1.03. The van der Waals surface area contributed by atoms with Crippen LogP contribution in [0.4, 0.5) is 0 Å². The molecule has 1 aliphatic carbocycles. The van der Waals surface area contributed by atoms with Gasteiger partial charge in [0.05, 0.1) is 13.2 Å². The van der Waals surface area contributed by atoms with Crippen LogP contribution >= 0.6 is 0 Å². The Morgan fingerprint density at radius 1 is 1.05 bits per heavy atom. The summed E-state index contributed by atoms with van der Waals surface area (Å²) in [6, 6.07) is 12.0. The topological polar surface area (TPSA) is 38.7 Å². The summed E-state index contributed by atoms with van der Waals surface area (Å²) in [5, 5.41) is 13.0. The molecule has 4 rings (SSSR count). The molecule has 0 bridgehead atoms. The van der Waals surface area contributed by atoms with Gasteiger partial charge in [-0.1, -0.05) is 50.2 Å². The third kappa shape index (κ3) is 1.46. The van der Waals surface area contributed by atoms with Gasteiger partial charge >= 0.3 is 0 Å². The highest BCUT2D eigenvalue weighted by Crippen LogP contribution is 2.53. The fourth-order valence-electron chi connectivity index (χ4n) is 3.24. The first-order valence-electron chi connectivity index (χ1n) is 7.02. The van der Waals surface area contributed by atoms with Gasteiger partial charge in [0.15, 0.2) is 0 Å². The molecule has 0 saturated carbocycles. The first-order valence-corrected chi connectivity index (χ1v) is 7.02. The van der Waals surface area contributed by atoms with Crippen molar-refractivity contribution >= 4 is 10.8 Å². The van der Waals surface area contributed by atoms with Crippen molar-refractivity contribution < 1.29 is 14.6 Å². The molecule has 3 nitrogen and oxygen atoms in total. The Hall–Kier alpha value is -1.42. The molecule has 1 spiro atoms. The van der Waals surface area contributed by atoms with Gasteiger partial charge < -0.3 is 14.6 Å². The second-order valence-corrected chi connectivity index (χ2v) is 6.56. The van der Waals surface area contributed by atoms with E-state index in [1.165, 1.54) is 0 Å². The lowest BCUT2D eigenvalue weighted by Crippen LogP contribution is -2.47. The number of hydrogen-bond donors (Lipinski definition) is 1. The van der Waals surface area contributed by atoms with E-state index >= 15 is 0 Å². The van der Waals surface area contributed by atoms with Crippen molar-refractivity contribution in [1.29, 1.82) is 0 Å². The van der Waals surface area contributed by atoms with Crippen molar-refractivity contribution in [3.63, 3.8) is 0 Å². The van der Waals surface area contributed by atoms with Crippen LogP contribution < -0.4 is 0 Å². The van der Waals surface area contributed by atoms with Gasteiger partial charge in [-0.05, 0) is 16.3 Å². The molecule has 0 radical (unpaired) electrons. The highest BCUT2D eigenvalue weighted by atomic mass is 16.7. The van der Waals surface area contributed by atoms with Crippen LogP contribution in [0, 0.1) is 5.41 Å². The van der Waals surface area contributed by atoms with E-state index < -0.39 is 11.9 Å². The number of ether oxygens (including phenoxy) is 2. The van der Waals surface area contributed by atoms with Gasteiger partial charge in [0, 0.05) is 11.0 Å². The van der Waals surface area contributed by atoms with Crippen LogP contribution in [0.3, 0.4) is 0 Å². The van der Waals surface area contributed by atoms with E-state index in [2.05, 4.69) is 26.0 Å². The maximum absolute atomic E-state index is 10.8. The van der Waals surface area contributed by atoms with Crippen molar-refractivity contribution in [1.82, 2.24) is 0 Å². The Morgan fingerprint density at radius 2 is 1.70 bits per heavy atom. The summed E-state index contributed by atoms with van der Waals surface area (Å²) in [6.45, 7) is 5.37. The Kier molecular flexibility index (Phi) is 2.35. The van der Waals surface area contributed by atoms with Crippen molar-refractivity contribution in [2.45, 2.75) is 25.7 Å².